The van der Waals surface area contributed by atoms with Crippen molar-refractivity contribution >= 4 is 7.82 Å². The molecule has 3 aromatic carbocycles. The van der Waals surface area contributed by atoms with Gasteiger partial charge in [0.25, 0.3) is 0 Å². The van der Waals surface area contributed by atoms with Crippen molar-refractivity contribution in [1.29, 1.82) is 0 Å². The van der Waals surface area contributed by atoms with Crippen LogP contribution in [0.5, 0.6) is 17.2 Å². The molecule has 0 saturated heterocycles. The normalized spacial score (nSPS) is 12.3. The predicted molar refractivity (Wildman–Crippen MR) is 173 cm³/mol. The van der Waals surface area contributed by atoms with Gasteiger partial charge in [-0.2, -0.15) is 4.57 Å². The maximum Gasteiger partial charge on any atom is 0.647 e. The van der Waals surface area contributed by atoms with Crippen LogP contribution in [0.4, 0.5) is 0 Å². The van der Waals surface area contributed by atoms with E-state index in [0.717, 1.165) is 16.7 Å². The Labute approximate surface area is 249 Å². The Morgan fingerprint density at radius 2 is 0.659 bits per heavy atom. The van der Waals surface area contributed by atoms with Crippen LogP contribution in [-0.4, -0.2) is 0 Å². The van der Waals surface area contributed by atoms with Crippen molar-refractivity contribution in [2.45, 2.75) is 119 Å². The molecule has 224 valence electrons. The summed E-state index contributed by atoms with van der Waals surface area (Å²) < 4.78 is 34.4. The van der Waals surface area contributed by atoms with Gasteiger partial charge in [0.05, 0.1) is 0 Å². The van der Waals surface area contributed by atoms with Gasteiger partial charge in [0.1, 0.15) is 17.2 Å². The van der Waals surface area contributed by atoms with Gasteiger partial charge in [0.15, 0.2) is 0 Å². The van der Waals surface area contributed by atoms with Crippen LogP contribution in [0, 0.1) is 0 Å². The average molecular weight is 579 g/mol. The van der Waals surface area contributed by atoms with Crippen molar-refractivity contribution in [2.75, 3.05) is 0 Å². The lowest BCUT2D eigenvalue weighted by Gasteiger charge is -2.27. The zero-order valence-corrected chi connectivity index (χ0v) is 28.1. The quantitative estimate of drug-likeness (QED) is 0.201. The fourth-order valence-corrected chi connectivity index (χ4v) is 7.02. The number of phosphoric acid groups is 1. The molecule has 0 N–H and O–H groups in total. The molecule has 0 aliphatic carbocycles. The van der Waals surface area contributed by atoms with Gasteiger partial charge >= 0.3 is 7.82 Å². The van der Waals surface area contributed by atoms with E-state index in [2.05, 4.69) is 101 Å². The first kappa shape index (κ1) is 32.8. The molecule has 0 unspecified atom stereocenters. The van der Waals surface area contributed by atoms with E-state index in [4.69, 9.17) is 13.6 Å². The van der Waals surface area contributed by atoms with E-state index in [9.17, 15) is 0 Å². The van der Waals surface area contributed by atoms with Crippen molar-refractivity contribution < 1.29 is 18.1 Å². The molecular formula is C36H51O4P. The first-order valence-electron chi connectivity index (χ1n) is 15.2. The molecule has 4 nitrogen and oxygen atoms in total. The third-order valence-corrected chi connectivity index (χ3v) is 8.79. The van der Waals surface area contributed by atoms with Crippen LogP contribution in [0.1, 0.15) is 152 Å². The molecule has 5 heteroatoms. The van der Waals surface area contributed by atoms with Crippen LogP contribution < -0.4 is 13.6 Å². The Morgan fingerprint density at radius 3 is 0.854 bits per heavy atom. The highest BCUT2D eigenvalue weighted by Crippen LogP contribution is 2.54. The van der Waals surface area contributed by atoms with Crippen LogP contribution in [0.25, 0.3) is 0 Å². The minimum Gasteiger partial charge on any atom is -0.386 e. The second-order valence-corrected chi connectivity index (χ2v) is 14.4. The van der Waals surface area contributed by atoms with Gasteiger partial charge in [-0.05, 0) is 70.4 Å². The first-order valence-corrected chi connectivity index (χ1v) is 16.7. The minimum atomic E-state index is -4.24. The molecule has 0 atom stereocenters. The van der Waals surface area contributed by atoms with Crippen molar-refractivity contribution in [2.24, 2.45) is 0 Å². The average Bonchev–Trinajstić information content (AvgIpc) is 2.87. The summed E-state index contributed by atoms with van der Waals surface area (Å²) >= 11 is 0. The number of phosphoric ester groups is 1. The Kier molecular flexibility index (Phi) is 10.8. The molecule has 0 fully saturated rings. The van der Waals surface area contributed by atoms with Crippen LogP contribution in [0.2, 0.25) is 0 Å². The van der Waals surface area contributed by atoms with E-state index in [1.54, 1.807) is 0 Å². The third kappa shape index (κ3) is 7.58. The summed E-state index contributed by atoms with van der Waals surface area (Å²) in [6.07, 6.45) is 0. The highest BCUT2D eigenvalue weighted by atomic mass is 31.2. The second-order valence-electron chi connectivity index (χ2n) is 12.9. The van der Waals surface area contributed by atoms with Crippen LogP contribution in [0.15, 0.2) is 54.6 Å². The summed E-state index contributed by atoms with van der Waals surface area (Å²) in [6, 6.07) is 17.9. The van der Waals surface area contributed by atoms with Crippen LogP contribution in [0.3, 0.4) is 0 Å². The van der Waals surface area contributed by atoms with Gasteiger partial charge in [0.2, 0.25) is 0 Å². The van der Waals surface area contributed by atoms with Crippen molar-refractivity contribution in [3.05, 3.63) is 88.0 Å². The molecule has 0 saturated carbocycles. The van der Waals surface area contributed by atoms with Gasteiger partial charge in [-0.1, -0.05) is 119 Å². The van der Waals surface area contributed by atoms with Gasteiger partial charge < -0.3 is 13.6 Å². The molecule has 0 aromatic heterocycles. The van der Waals surface area contributed by atoms with Gasteiger partial charge in [0, 0.05) is 16.7 Å². The molecular weight excluding hydrogens is 527 g/mol. The van der Waals surface area contributed by atoms with E-state index in [0.29, 0.717) is 17.2 Å². The zero-order valence-electron chi connectivity index (χ0n) is 27.2. The summed E-state index contributed by atoms with van der Waals surface area (Å²) in [4.78, 5) is 0. The van der Waals surface area contributed by atoms with E-state index in [1.165, 1.54) is 16.7 Å². The largest absolute Gasteiger partial charge is 0.647 e. The number of hydrogen-bond donors (Lipinski definition) is 0. The number of hydrogen-bond acceptors (Lipinski definition) is 4. The zero-order chi connectivity index (χ0) is 30.6. The van der Waals surface area contributed by atoms with E-state index < -0.39 is 7.82 Å². The minimum absolute atomic E-state index is 0.156. The molecule has 41 heavy (non-hydrogen) atoms. The van der Waals surface area contributed by atoms with E-state index in [-0.39, 0.29) is 35.5 Å². The van der Waals surface area contributed by atoms with Crippen LogP contribution in [-0.2, 0) is 4.57 Å². The summed E-state index contributed by atoms with van der Waals surface area (Å²) in [6.45, 7) is 25.8. The molecule has 3 rings (SSSR count). The Balaban J connectivity index is 2.26. The standard InChI is InChI=1S/C36H51O4P/c1-22(2)28-16-13-19-31(34(28)25(7)8)38-41(37,39-32-20-14-17-29(23(3)4)35(32)26(9)10)40-33-21-15-18-30(24(5)6)36(33)27(11)12/h13-27H,1-12H3. The monoisotopic (exact) mass is 578 g/mol. The summed E-state index contributed by atoms with van der Waals surface area (Å²) in [7, 11) is -4.24. The lowest BCUT2D eigenvalue weighted by atomic mass is 9.90. The van der Waals surface area contributed by atoms with E-state index in [1.807, 2.05) is 36.4 Å². The molecule has 0 aliphatic rings. The maximum atomic E-state index is 15.0. The molecule has 0 amide bonds. The Bertz CT molecular complexity index is 1200. The summed E-state index contributed by atoms with van der Waals surface area (Å²) in [5.74, 6) is 2.91. The number of rotatable bonds is 12. The third-order valence-electron chi connectivity index (χ3n) is 7.53. The molecule has 0 spiro atoms. The Morgan fingerprint density at radius 1 is 0.415 bits per heavy atom. The molecule has 0 aliphatic heterocycles. The van der Waals surface area contributed by atoms with Gasteiger partial charge in [-0.25, -0.2) is 0 Å². The highest BCUT2D eigenvalue weighted by molar-refractivity contribution is 7.49. The highest BCUT2D eigenvalue weighted by Gasteiger charge is 2.37. The lowest BCUT2D eigenvalue weighted by molar-refractivity contribution is 0.294. The first-order chi connectivity index (χ1) is 19.2. The van der Waals surface area contributed by atoms with Gasteiger partial charge in [-0.15, -0.1) is 0 Å². The fraction of sp³-hybridized carbons (Fsp3) is 0.500. The summed E-state index contributed by atoms with van der Waals surface area (Å²) in [5.41, 5.74) is 6.56. The smallest absolute Gasteiger partial charge is 0.386 e. The SMILES string of the molecule is CC(C)c1cccc(OP(=O)(Oc2cccc(C(C)C)c2C(C)C)Oc2cccc(C(C)C)c2C(C)C)c1C(C)C. The second kappa shape index (κ2) is 13.5. The van der Waals surface area contributed by atoms with Crippen LogP contribution >= 0.6 is 7.82 Å². The van der Waals surface area contributed by atoms with Crippen molar-refractivity contribution in [3.8, 4) is 17.2 Å². The van der Waals surface area contributed by atoms with Crippen molar-refractivity contribution in [3.63, 3.8) is 0 Å². The Hall–Kier alpha value is -2.71. The van der Waals surface area contributed by atoms with Gasteiger partial charge in [-0.3, -0.25) is 0 Å². The lowest BCUT2D eigenvalue weighted by Crippen LogP contribution is -2.13. The fourth-order valence-electron chi connectivity index (χ4n) is 5.70. The summed E-state index contributed by atoms with van der Waals surface area (Å²) in [5, 5.41) is 0. The number of benzene rings is 3. The molecule has 0 heterocycles. The molecule has 3 aromatic rings. The predicted octanol–water partition coefficient (Wildman–Crippen LogP) is 12.1. The molecule has 0 radical (unpaired) electrons. The molecule has 0 bridgehead atoms. The van der Waals surface area contributed by atoms with Crippen molar-refractivity contribution in [1.82, 2.24) is 0 Å². The topological polar surface area (TPSA) is 44.8 Å². The maximum absolute atomic E-state index is 15.0. The van der Waals surface area contributed by atoms with E-state index >= 15 is 4.57 Å².